The molecule has 5 heteroatoms. The van der Waals surface area contributed by atoms with Crippen LogP contribution in [0.3, 0.4) is 0 Å². The van der Waals surface area contributed by atoms with Crippen LogP contribution in [0.15, 0.2) is 85.3 Å². The van der Waals surface area contributed by atoms with Crippen LogP contribution in [0.25, 0.3) is 27.5 Å². The first-order valence-corrected chi connectivity index (χ1v) is 10.7. The monoisotopic (exact) mass is 405 g/mol. The number of hydrogen-bond acceptors (Lipinski definition) is 4. The Hall–Kier alpha value is -3.54. The molecule has 0 saturated heterocycles. The van der Waals surface area contributed by atoms with Crippen LogP contribution in [0.4, 0.5) is 0 Å². The molecule has 1 aliphatic rings. The van der Waals surface area contributed by atoms with Gasteiger partial charge in [0, 0.05) is 17.8 Å². The molecule has 0 amide bonds. The molecule has 1 aliphatic heterocycles. The highest BCUT2D eigenvalue weighted by atomic mass is 15.4. The van der Waals surface area contributed by atoms with E-state index >= 15 is 0 Å². The number of pyridine rings is 1. The highest BCUT2D eigenvalue weighted by Gasteiger charge is 2.23. The lowest BCUT2D eigenvalue weighted by molar-refractivity contribution is 0.434. The molecule has 2 unspecified atom stereocenters. The van der Waals surface area contributed by atoms with Crippen molar-refractivity contribution in [3.05, 3.63) is 102 Å². The molecule has 0 aliphatic carbocycles. The lowest BCUT2D eigenvalue weighted by atomic mass is 9.89. The molecule has 0 spiro atoms. The van der Waals surface area contributed by atoms with E-state index in [4.69, 9.17) is 0 Å². The highest BCUT2D eigenvalue weighted by molar-refractivity contribution is 5.83. The van der Waals surface area contributed by atoms with Gasteiger partial charge in [-0.15, -0.1) is 0 Å². The normalized spacial score (nSPS) is 18.7. The summed E-state index contributed by atoms with van der Waals surface area (Å²) in [5, 5.41) is 6.81. The molecule has 0 bridgehead atoms. The maximum atomic E-state index is 4.28. The highest BCUT2D eigenvalue weighted by Crippen LogP contribution is 2.32. The summed E-state index contributed by atoms with van der Waals surface area (Å²) < 4.78 is 1.82. The van der Waals surface area contributed by atoms with E-state index in [1.807, 2.05) is 16.8 Å². The van der Waals surface area contributed by atoms with Gasteiger partial charge in [0.25, 0.3) is 0 Å². The molecule has 3 aromatic carbocycles. The van der Waals surface area contributed by atoms with Gasteiger partial charge in [-0.25, -0.2) is 14.9 Å². The van der Waals surface area contributed by atoms with Gasteiger partial charge in [-0.3, -0.25) is 5.43 Å². The molecule has 0 radical (unpaired) electrons. The molecule has 31 heavy (non-hydrogen) atoms. The van der Waals surface area contributed by atoms with Gasteiger partial charge in [0.1, 0.15) is 6.33 Å². The molecule has 2 aromatic heterocycles. The van der Waals surface area contributed by atoms with E-state index in [0.29, 0.717) is 6.04 Å². The zero-order valence-corrected chi connectivity index (χ0v) is 17.3. The molecule has 0 fully saturated rings. The van der Waals surface area contributed by atoms with Gasteiger partial charge in [0.15, 0.2) is 5.65 Å². The van der Waals surface area contributed by atoms with Crippen LogP contribution < -0.4 is 10.9 Å². The second-order valence-corrected chi connectivity index (χ2v) is 8.33. The van der Waals surface area contributed by atoms with Crippen LogP contribution in [-0.4, -0.2) is 20.6 Å². The Labute approximate surface area is 180 Å². The second-order valence-electron chi connectivity index (χ2n) is 8.33. The third kappa shape index (κ3) is 3.28. The molecule has 152 valence electrons. The van der Waals surface area contributed by atoms with Crippen molar-refractivity contribution in [2.75, 3.05) is 0 Å². The van der Waals surface area contributed by atoms with Crippen molar-refractivity contribution in [2.24, 2.45) is 0 Å². The number of rotatable bonds is 2. The van der Waals surface area contributed by atoms with Gasteiger partial charge >= 0.3 is 0 Å². The minimum Gasteiger partial charge on any atom is -0.254 e. The fourth-order valence-corrected chi connectivity index (χ4v) is 4.57. The molecule has 6 rings (SSSR count). The summed E-state index contributed by atoms with van der Waals surface area (Å²) in [6, 6.07) is 26.6. The van der Waals surface area contributed by atoms with Crippen molar-refractivity contribution in [3.8, 4) is 11.1 Å². The Bertz CT molecular complexity index is 1400. The summed E-state index contributed by atoms with van der Waals surface area (Å²) >= 11 is 0. The maximum absolute atomic E-state index is 4.28. The summed E-state index contributed by atoms with van der Waals surface area (Å²) in [6.45, 7) is 2.22. The summed E-state index contributed by atoms with van der Waals surface area (Å²) in [5.74, 6) is 0. The largest absolute Gasteiger partial charge is 0.254 e. The number of benzene rings is 3. The van der Waals surface area contributed by atoms with Crippen LogP contribution in [0.2, 0.25) is 0 Å². The van der Waals surface area contributed by atoms with Crippen molar-refractivity contribution in [1.82, 2.24) is 25.4 Å². The summed E-state index contributed by atoms with van der Waals surface area (Å²) in [5.41, 5.74) is 14.2. The maximum Gasteiger partial charge on any atom is 0.155 e. The zero-order valence-electron chi connectivity index (χ0n) is 17.3. The molecular formula is C26H23N5. The van der Waals surface area contributed by atoms with Crippen molar-refractivity contribution in [2.45, 2.75) is 25.4 Å². The van der Waals surface area contributed by atoms with Crippen LogP contribution in [0.5, 0.6) is 0 Å². The Morgan fingerprint density at radius 1 is 0.871 bits per heavy atom. The first kappa shape index (κ1) is 18.2. The third-order valence-corrected chi connectivity index (χ3v) is 6.17. The van der Waals surface area contributed by atoms with Crippen LogP contribution >= 0.6 is 0 Å². The van der Waals surface area contributed by atoms with Crippen LogP contribution in [0, 0.1) is 0 Å². The Morgan fingerprint density at radius 2 is 1.74 bits per heavy atom. The van der Waals surface area contributed by atoms with Gasteiger partial charge in [-0.1, -0.05) is 54.6 Å². The predicted molar refractivity (Wildman–Crippen MR) is 124 cm³/mol. The van der Waals surface area contributed by atoms with Gasteiger partial charge in [0.05, 0.1) is 6.04 Å². The SMILES string of the molecule is CC1Cc2cc(-c3ccc4ncnn4c3)ccc2C(c2ccc3ccccc3c2)NN1. The van der Waals surface area contributed by atoms with E-state index < -0.39 is 0 Å². The van der Waals surface area contributed by atoms with Crippen molar-refractivity contribution in [1.29, 1.82) is 0 Å². The van der Waals surface area contributed by atoms with Crippen molar-refractivity contribution in [3.63, 3.8) is 0 Å². The van der Waals surface area contributed by atoms with E-state index in [2.05, 4.69) is 94.6 Å². The number of nitrogens with one attached hydrogen (secondary N) is 2. The van der Waals surface area contributed by atoms with Crippen molar-refractivity contribution < 1.29 is 0 Å². The molecule has 0 saturated carbocycles. The summed E-state index contributed by atoms with van der Waals surface area (Å²) in [7, 11) is 0. The molecule has 5 nitrogen and oxygen atoms in total. The van der Waals surface area contributed by atoms with E-state index in [1.165, 1.54) is 33.0 Å². The number of hydrazine groups is 1. The van der Waals surface area contributed by atoms with E-state index in [9.17, 15) is 0 Å². The predicted octanol–water partition coefficient (Wildman–Crippen LogP) is 4.68. The Balaban J connectivity index is 1.44. The molecule has 5 aromatic rings. The second kappa shape index (κ2) is 7.30. The van der Waals surface area contributed by atoms with E-state index in [-0.39, 0.29) is 6.04 Å². The number of nitrogens with zero attached hydrogens (tertiary/aromatic N) is 3. The minimum atomic E-state index is 0.0939. The zero-order chi connectivity index (χ0) is 20.8. The fraction of sp³-hybridized carbons (Fsp3) is 0.154. The number of fused-ring (bicyclic) bond motifs is 3. The number of hydrogen-bond donors (Lipinski definition) is 2. The van der Waals surface area contributed by atoms with Gasteiger partial charge in [0.2, 0.25) is 0 Å². The average molecular weight is 406 g/mol. The van der Waals surface area contributed by atoms with Crippen molar-refractivity contribution >= 4 is 16.4 Å². The topological polar surface area (TPSA) is 54.2 Å². The number of aromatic nitrogens is 3. The summed E-state index contributed by atoms with van der Waals surface area (Å²) in [4.78, 5) is 4.25. The lowest BCUT2D eigenvalue weighted by Crippen LogP contribution is -2.40. The first-order chi connectivity index (χ1) is 15.2. The third-order valence-electron chi connectivity index (χ3n) is 6.17. The van der Waals surface area contributed by atoms with Gasteiger partial charge in [-0.2, -0.15) is 5.10 Å². The van der Waals surface area contributed by atoms with E-state index in [1.54, 1.807) is 6.33 Å². The van der Waals surface area contributed by atoms with Crippen LogP contribution in [-0.2, 0) is 6.42 Å². The molecular weight excluding hydrogens is 382 g/mol. The van der Waals surface area contributed by atoms with Gasteiger partial charge < -0.3 is 0 Å². The van der Waals surface area contributed by atoms with Gasteiger partial charge in [-0.05, 0) is 64.6 Å². The molecule has 2 atom stereocenters. The summed E-state index contributed by atoms with van der Waals surface area (Å²) in [6.07, 6.45) is 4.59. The average Bonchev–Trinajstić information content (AvgIpc) is 3.21. The lowest BCUT2D eigenvalue weighted by Gasteiger charge is -2.21. The smallest absolute Gasteiger partial charge is 0.155 e. The Morgan fingerprint density at radius 3 is 2.68 bits per heavy atom. The van der Waals surface area contributed by atoms with E-state index in [0.717, 1.165) is 17.6 Å². The van der Waals surface area contributed by atoms with Crippen LogP contribution in [0.1, 0.15) is 29.7 Å². The molecule has 2 N–H and O–H groups in total. The molecule has 3 heterocycles. The first-order valence-electron chi connectivity index (χ1n) is 10.7. The quantitative estimate of drug-likeness (QED) is 0.448. The minimum absolute atomic E-state index is 0.0939. The standard InChI is InChI=1S/C26H23N5/c1-17-12-23-14-20(22-9-11-25-27-16-28-31(25)15-22)8-10-24(23)26(30-29-17)21-7-6-18-4-2-3-5-19(18)13-21/h2-11,13-17,26,29-30H,12H2,1H3. The fourth-order valence-electron chi connectivity index (χ4n) is 4.57. The Kier molecular flexibility index (Phi) is 4.30.